The third-order valence-corrected chi connectivity index (χ3v) is 3.65. The molecule has 0 saturated heterocycles. The van der Waals surface area contributed by atoms with Crippen molar-refractivity contribution in [1.82, 2.24) is 5.32 Å². The molecule has 1 unspecified atom stereocenters. The van der Waals surface area contributed by atoms with Gasteiger partial charge in [-0.25, -0.2) is 4.79 Å². The minimum absolute atomic E-state index is 0.164. The van der Waals surface area contributed by atoms with Gasteiger partial charge in [-0.2, -0.15) is 0 Å². The van der Waals surface area contributed by atoms with Gasteiger partial charge in [0.1, 0.15) is 11.8 Å². The molecule has 1 aromatic rings. The second kappa shape index (κ2) is 6.57. The molecule has 19 heavy (non-hydrogen) atoms. The number of carbonyl (C=O) groups is 1. The second-order valence-electron chi connectivity index (χ2n) is 5.05. The predicted octanol–water partition coefficient (Wildman–Crippen LogP) is 2.53. The first kappa shape index (κ1) is 13.9. The van der Waals surface area contributed by atoms with Crippen LogP contribution >= 0.6 is 0 Å². The summed E-state index contributed by atoms with van der Waals surface area (Å²) in [5, 5.41) is 12.9. The van der Waals surface area contributed by atoms with Gasteiger partial charge in [-0.15, -0.1) is 0 Å². The molecule has 0 heterocycles. The van der Waals surface area contributed by atoms with Crippen LogP contribution in [0.5, 0.6) is 5.75 Å². The Labute approximate surface area is 113 Å². The van der Waals surface area contributed by atoms with Crippen molar-refractivity contribution in [3.63, 3.8) is 0 Å². The predicted molar refractivity (Wildman–Crippen MR) is 72.9 cm³/mol. The number of benzene rings is 1. The van der Waals surface area contributed by atoms with Crippen LogP contribution < -0.4 is 5.32 Å². The average Bonchev–Trinajstić information content (AvgIpc) is 2.45. The Bertz CT molecular complexity index is 427. The molecule has 1 aliphatic rings. The molecular formula is C15H21NO3. The topological polar surface area (TPSA) is 58.6 Å². The van der Waals surface area contributed by atoms with E-state index in [2.05, 4.69) is 5.32 Å². The summed E-state index contributed by atoms with van der Waals surface area (Å²) in [7, 11) is 1.39. The molecule has 4 nitrogen and oxygen atoms in total. The number of methoxy groups -OCH3 is 1. The summed E-state index contributed by atoms with van der Waals surface area (Å²) in [6, 6.07) is 6.62. The van der Waals surface area contributed by atoms with E-state index in [1.807, 2.05) is 6.07 Å². The van der Waals surface area contributed by atoms with Gasteiger partial charge < -0.3 is 9.84 Å². The number of hydrogen-bond acceptors (Lipinski definition) is 4. The Morgan fingerprint density at radius 2 is 2.11 bits per heavy atom. The zero-order chi connectivity index (χ0) is 13.7. The van der Waals surface area contributed by atoms with Gasteiger partial charge in [0.25, 0.3) is 0 Å². The van der Waals surface area contributed by atoms with E-state index in [0.717, 1.165) is 18.4 Å². The van der Waals surface area contributed by atoms with Crippen molar-refractivity contribution in [2.75, 3.05) is 7.11 Å². The summed E-state index contributed by atoms with van der Waals surface area (Å²) in [5.74, 6) is -0.145. The lowest BCUT2D eigenvalue weighted by molar-refractivity contribution is -0.143. The van der Waals surface area contributed by atoms with Gasteiger partial charge in [-0.1, -0.05) is 31.4 Å². The molecule has 0 aromatic heterocycles. The molecule has 0 bridgehead atoms. The van der Waals surface area contributed by atoms with E-state index in [0.29, 0.717) is 6.04 Å². The zero-order valence-electron chi connectivity index (χ0n) is 11.3. The van der Waals surface area contributed by atoms with E-state index in [4.69, 9.17) is 4.74 Å². The maximum Gasteiger partial charge on any atom is 0.327 e. The van der Waals surface area contributed by atoms with E-state index < -0.39 is 6.04 Å². The minimum Gasteiger partial charge on any atom is -0.508 e. The number of phenols is 1. The largest absolute Gasteiger partial charge is 0.508 e. The minimum atomic E-state index is -0.500. The van der Waals surface area contributed by atoms with E-state index in [1.54, 1.807) is 18.2 Å². The number of carbonyl (C=O) groups excluding carboxylic acids is 1. The van der Waals surface area contributed by atoms with Gasteiger partial charge in [0.05, 0.1) is 7.11 Å². The van der Waals surface area contributed by atoms with Gasteiger partial charge in [0.15, 0.2) is 0 Å². The SMILES string of the molecule is COC(=O)C(NC1CCCCC1)c1cccc(O)c1. The van der Waals surface area contributed by atoms with Crippen LogP contribution in [0.2, 0.25) is 0 Å². The summed E-state index contributed by atoms with van der Waals surface area (Å²) in [6.45, 7) is 0. The first-order valence-electron chi connectivity index (χ1n) is 6.83. The molecule has 1 saturated carbocycles. The highest BCUT2D eigenvalue weighted by Gasteiger charge is 2.25. The summed E-state index contributed by atoms with van der Waals surface area (Å²) >= 11 is 0. The van der Waals surface area contributed by atoms with Crippen LogP contribution in [0.15, 0.2) is 24.3 Å². The van der Waals surface area contributed by atoms with Crippen LogP contribution in [-0.2, 0) is 9.53 Å². The van der Waals surface area contributed by atoms with Crippen molar-refractivity contribution in [3.05, 3.63) is 29.8 Å². The Balaban J connectivity index is 2.13. The molecule has 1 aliphatic carbocycles. The molecule has 1 aromatic carbocycles. The molecular weight excluding hydrogens is 242 g/mol. The van der Waals surface area contributed by atoms with Gasteiger partial charge in [0.2, 0.25) is 0 Å². The highest BCUT2D eigenvalue weighted by atomic mass is 16.5. The number of esters is 1. The van der Waals surface area contributed by atoms with Gasteiger partial charge >= 0.3 is 5.97 Å². The normalized spacial score (nSPS) is 17.9. The summed E-state index contributed by atoms with van der Waals surface area (Å²) in [6.07, 6.45) is 5.85. The van der Waals surface area contributed by atoms with E-state index in [1.165, 1.54) is 26.4 Å². The number of phenolic OH excluding ortho intramolecular Hbond substituents is 1. The van der Waals surface area contributed by atoms with E-state index >= 15 is 0 Å². The van der Waals surface area contributed by atoms with E-state index in [-0.39, 0.29) is 11.7 Å². The molecule has 1 fully saturated rings. The quantitative estimate of drug-likeness (QED) is 0.820. The van der Waals surface area contributed by atoms with Crippen LogP contribution in [0.4, 0.5) is 0 Å². The molecule has 104 valence electrons. The Kier molecular flexibility index (Phi) is 4.80. The third kappa shape index (κ3) is 3.70. The zero-order valence-corrected chi connectivity index (χ0v) is 11.3. The van der Waals surface area contributed by atoms with Crippen molar-refractivity contribution in [2.24, 2.45) is 0 Å². The number of aromatic hydroxyl groups is 1. The highest BCUT2D eigenvalue weighted by molar-refractivity contribution is 5.77. The molecule has 0 amide bonds. The fourth-order valence-corrected chi connectivity index (χ4v) is 2.63. The van der Waals surface area contributed by atoms with Crippen LogP contribution in [0.3, 0.4) is 0 Å². The summed E-state index contributed by atoms with van der Waals surface area (Å²) in [4.78, 5) is 11.9. The van der Waals surface area contributed by atoms with Crippen LogP contribution in [0.25, 0.3) is 0 Å². The summed E-state index contributed by atoms with van der Waals surface area (Å²) < 4.78 is 4.87. The Morgan fingerprint density at radius 3 is 2.74 bits per heavy atom. The van der Waals surface area contributed by atoms with Crippen molar-refractivity contribution < 1.29 is 14.6 Å². The Hall–Kier alpha value is -1.55. The monoisotopic (exact) mass is 263 g/mol. The number of nitrogens with one attached hydrogen (secondary N) is 1. The van der Waals surface area contributed by atoms with Crippen LogP contribution in [0.1, 0.15) is 43.7 Å². The molecule has 0 radical (unpaired) electrons. The van der Waals surface area contributed by atoms with Gasteiger partial charge in [-0.05, 0) is 30.5 Å². The second-order valence-corrected chi connectivity index (χ2v) is 5.05. The molecule has 2 N–H and O–H groups in total. The number of hydrogen-bond donors (Lipinski definition) is 2. The van der Waals surface area contributed by atoms with Gasteiger partial charge in [0, 0.05) is 6.04 Å². The van der Waals surface area contributed by atoms with Crippen molar-refractivity contribution in [2.45, 2.75) is 44.2 Å². The molecule has 4 heteroatoms. The third-order valence-electron chi connectivity index (χ3n) is 3.65. The maximum absolute atomic E-state index is 11.9. The van der Waals surface area contributed by atoms with Crippen molar-refractivity contribution in [1.29, 1.82) is 0 Å². The number of ether oxygens (including phenoxy) is 1. The molecule has 2 rings (SSSR count). The number of rotatable bonds is 4. The standard InChI is InChI=1S/C15H21NO3/c1-19-15(18)14(11-6-5-9-13(17)10-11)16-12-7-3-2-4-8-12/h5-6,9-10,12,14,16-17H,2-4,7-8H2,1H3. The van der Waals surface area contributed by atoms with Gasteiger partial charge in [-0.3, -0.25) is 5.32 Å². The lowest BCUT2D eigenvalue weighted by Crippen LogP contribution is -2.38. The maximum atomic E-state index is 11.9. The fraction of sp³-hybridized carbons (Fsp3) is 0.533. The highest BCUT2D eigenvalue weighted by Crippen LogP contribution is 2.24. The van der Waals surface area contributed by atoms with Crippen molar-refractivity contribution in [3.8, 4) is 5.75 Å². The first-order chi connectivity index (χ1) is 9.20. The lowest BCUT2D eigenvalue weighted by Gasteiger charge is -2.27. The molecule has 0 spiro atoms. The van der Waals surface area contributed by atoms with Crippen molar-refractivity contribution >= 4 is 5.97 Å². The van der Waals surface area contributed by atoms with Crippen LogP contribution in [-0.4, -0.2) is 24.2 Å². The van der Waals surface area contributed by atoms with E-state index in [9.17, 15) is 9.90 Å². The fourth-order valence-electron chi connectivity index (χ4n) is 2.63. The van der Waals surface area contributed by atoms with Crippen LogP contribution in [0, 0.1) is 0 Å². The smallest absolute Gasteiger partial charge is 0.327 e. The molecule has 0 aliphatic heterocycles. The molecule has 1 atom stereocenters. The Morgan fingerprint density at radius 1 is 1.37 bits per heavy atom. The average molecular weight is 263 g/mol. The first-order valence-corrected chi connectivity index (χ1v) is 6.83. The lowest BCUT2D eigenvalue weighted by atomic mass is 9.94. The summed E-state index contributed by atoms with van der Waals surface area (Å²) in [5.41, 5.74) is 0.748.